The van der Waals surface area contributed by atoms with Crippen LogP contribution in [0.3, 0.4) is 0 Å². The van der Waals surface area contributed by atoms with Crippen molar-refractivity contribution in [2.45, 2.75) is 56.2 Å². The van der Waals surface area contributed by atoms with Gasteiger partial charge in [0.15, 0.2) is 6.29 Å². The van der Waals surface area contributed by atoms with E-state index in [1.54, 1.807) is 14.2 Å². The van der Waals surface area contributed by atoms with E-state index in [0.29, 0.717) is 17.9 Å². The molecule has 0 aromatic heterocycles. The van der Waals surface area contributed by atoms with Gasteiger partial charge in [0.1, 0.15) is 48.1 Å². The first-order valence-electron chi connectivity index (χ1n) is 17.1. The Morgan fingerprint density at radius 1 is 0.769 bits per heavy atom. The fourth-order valence-corrected chi connectivity index (χ4v) is 6.12. The molecular weight excluding hydrogens is 668 g/mol. The van der Waals surface area contributed by atoms with Crippen LogP contribution in [0.15, 0.2) is 109 Å². The van der Waals surface area contributed by atoms with E-state index in [2.05, 4.69) is 10.6 Å². The number of amides is 2. The van der Waals surface area contributed by atoms with Crippen molar-refractivity contribution in [2.24, 2.45) is 0 Å². The Balaban J connectivity index is 1.33. The first kappa shape index (κ1) is 38.3. The number of alkyl carbamates (subject to hydrolysis) is 1. The van der Waals surface area contributed by atoms with Gasteiger partial charge in [0, 0.05) is 13.5 Å². The predicted molar refractivity (Wildman–Crippen MR) is 192 cm³/mol. The van der Waals surface area contributed by atoms with Crippen LogP contribution in [0.5, 0.6) is 11.5 Å². The molecule has 1 aliphatic heterocycles. The Kier molecular flexibility index (Phi) is 13.6. The van der Waals surface area contributed by atoms with Gasteiger partial charge in [-0.05, 0) is 52.9 Å². The molecule has 5 atom stereocenters. The number of hydrogen-bond acceptors (Lipinski definition) is 10. The summed E-state index contributed by atoms with van der Waals surface area (Å²) < 4.78 is 35.3. The summed E-state index contributed by atoms with van der Waals surface area (Å²) in [5.74, 6) is 0.892. The van der Waals surface area contributed by atoms with Gasteiger partial charge < -0.3 is 49.3 Å². The first-order chi connectivity index (χ1) is 25.2. The van der Waals surface area contributed by atoms with Gasteiger partial charge in [-0.1, -0.05) is 84.9 Å². The monoisotopic (exact) mass is 714 g/mol. The third-order valence-corrected chi connectivity index (χ3v) is 8.79. The average molecular weight is 715 g/mol. The van der Waals surface area contributed by atoms with Gasteiger partial charge in [-0.25, -0.2) is 4.79 Å². The molecule has 0 saturated carbocycles. The lowest BCUT2D eigenvalue weighted by Crippen LogP contribution is -2.65. The number of aliphatic hydroxyl groups excluding tert-OH is 2. The average Bonchev–Trinajstić information content (AvgIpc) is 3.18. The molecule has 1 fully saturated rings. The highest BCUT2D eigenvalue weighted by Gasteiger charge is 2.47. The Bertz CT molecular complexity index is 1640. The minimum Gasteiger partial charge on any atom is -0.497 e. The quantitative estimate of drug-likeness (QED) is 0.0977. The van der Waals surface area contributed by atoms with Crippen molar-refractivity contribution >= 4 is 12.0 Å². The van der Waals surface area contributed by atoms with E-state index in [1.807, 2.05) is 109 Å². The summed E-state index contributed by atoms with van der Waals surface area (Å²) in [6.07, 6.45) is -5.31. The van der Waals surface area contributed by atoms with E-state index < -0.39 is 48.2 Å². The largest absolute Gasteiger partial charge is 0.497 e. The maximum Gasteiger partial charge on any atom is 0.407 e. The van der Waals surface area contributed by atoms with Crippen molar-refractivity contribution in [3.05, 3.63) is 131 Å². The van der Waals surface area contributed by atoms with Crippen molar-refractivity contribution in [3.8, 4) is 11.5 Å². The van der Waals surface area contributed by atoms with E-state index >= 15 is 0 Å². The lowest BCUT2D eigenvalue weighted by molar-refractivity contribution is -0.276. The van der Waals surface area contributed by atoms with Gasteiger partial charge in [-0.2, -0.15) is 0 Å². The highest BCUT2D eigenvalue weighted by atomic mass is 16.7. The summed E-state index contributed by atoms with van der Waals surface area (Å²) in [5, 5.41) is 27.9. The molecule has 4 aromatic carbocycles. The molecule has 0 bridgehead atoms. The number of nitrogens with one attached hydrogen (secondary N) is 2. The normalized spacial score (nSPS) is 20.1. The van der Waals surface area contributed by atoms with Gasteiger partial charge in [-0.15, -0.1) is 0 Å². The van der Waals surface area contributed by atoms with E-state index in [0.717, 1.165) is 22.3 Å². The SMILES string of the molecule is COc1ccc(C(OC[C@H]2O[C@@H](OCCCNC(=O)OCc3ccccc3)[C@H](NC(C)=O)[C@@H](O)[C@H]2O)(c2ccccc2)c2ccc(OC)cc2)cc1. The van der Waals surface area contributed by atoms with E-state index in [4.69, 9.17) is 28.4 Å². The number of ether oxygens (including phenoxy) is 6. The molecule has 5 rings (SSSR count). The smallest absolute Gasteiger partial charge is 0.407 e. The van der Waals surface area contributed by atoms with Crippen molar-refractivity contribution in [3.63, 3.8) is 0 Å². The number of aliphatic hydroxyl groups is 2. The van der Waals surface area contributed by atoms with Crippen LogP contribution in [0, 0.1) is 0 Å². The summed E-state index contributed by atoms with van der Waals surface area (Å²) in [4.78, 5) is 24.3. The third-order valence-electron chi connectivity index (χ3n) is 8.79. The molecule has 0 spiro atoms. The number of carbonyl (C=O) groups excluding carboxylic acids is 2. The Morgan fingerprint density at radius 3 is 1.88 bits per heavy atom. The summed E-state index contributed by atoms with van der Waals surface area (Å²) in [5.41, 5.74) is 2.01. The second-order valence-corrected chi connectivity index (χ2v) is 12.3. The van der Waals surface area contributed by atoms with Crippen LogP contribution >= 0.6 is 0 Å². The third kappa shape index (κ3) is 9.46. The van der Waals surface area contributed by atoms with E-state index in [1.165, 1.54) is 6.92 Å². The van der Waals surface area contributed by atoms with Gasteiger partial charge in [0.05, 0.1) is 27.4 Å². The second-order valence-electron chi connectivity index (χ2n) is 12.3. The molecule has 2 amide bonds. The Labute approximate surface area is 303 Å². The molecule has 4 N–H and O–H groups in total. The highest BCUT2D eigenvalue weighted by molar-refractivity contribution is 5.73. The highest BCUT2D eigenvalue weighted by Crippen LogP contribution is 2.42. The lowest BCUT2D eigenvalue weighted by Gasteiger charge is -2.44. The Morgan fingerprint density at radius 2 is 1.33 bits per heavy atom. The molecule has 12 heteroatoms. The van der Waals surface area contributed by atoms with Crippen LogP contribution < -0.4 is 20.1 Å². The van der Waals surface area contributed by atoms with Gasteiger partial charge in [0.2, 0.25) is 5.91 Å². The standard InChI is InChI=1S/C40H46N2O10/c1-27(43)42-35-37(45)36(44)34(52-38(35)49-24-10-23-41-39(46)50-25-28-11-6-4-7-12-28)26-51-40(29-13-8-5-9-14-29,30-15-19-32(47-2)20-16-30)31-17-21-33(48-3)22-18-31/h4-9,11-22,34-38,44-45H,10,23-26H2,1-3H3,(H,41,46)(H,42,43)/t34-,35-,36+,37-,38-/m1/s1. The fourth-order valence-electron chi connectivity index (χ4n) is 6.12. The number of hydrogen-bond donors (Lipinski definition) is 4. The molecule has 1 heterocycles. The number of methoxy groups -OCH3 is 2. The summed E-state index contributed by atoms with van der Waals surface area (Å²) in [6.45, 7) is 1.60. The van der Waals surface area contributed by atoms with E-state index in [9.17, 15) is 19.8 Å². The van der Waals surface area contributed by atoms with Gasteiger partial charge in [-0.3, -0.25) is 4.79 Å². The maximum atomic E-state index is 12.2. The second kappa shape index (κ2) is 18.5. The zero-order valence-corrected chi connectivity index (χ0v) is 29.5. The summed E-state index contributed by atoms with van der Waals surface area (Å²) in [6, 6.07) is 32.9. The summed E-state index contributed by atoms with van der Waals surface area (Å²) in [7, 11) is 3.19. The van der Waals surface area contributed by atoms with E-state index in [-0.39, 0.29) is 26.4 Å². The van der Waals surface area contributed by atoms with Crippen LogP contribution in [-0.4, -0.2) is 86.8 Å². The predicted octanol–water partition coefficient (Wildman–Crippen LogP) is 4.30. The van der Waals surface area contributed by atoms with Gasteiger partial charge in [0.25, 0.3) is 0 Å². The van der Waals surface area contributed by atoms with Gasteiger partial charge >= 0.3 is 6.09 Å². The molecular formula is C40H46N2O10. The van der Waals surface area contributed by atoms with Crippen molar-refractivity contribution in [2.75, 3.05) is 34.0 Å². The van der Waals surface area contributed by atoms with Crippen LogP contribution in [0.1, 0.15) is 35.6 Å². The lowest BCUT2D eigenvalue weighted by atomic mass is 9.80. The molecule has 52 heavy (non-hydrogen) atoms. The summed E-state index contributed by atoms with van der Waals surface area (Å²) >= 11 is 0. The zero-order chi connectivity index (χ0) is 36.9. The number of benzene rings is 4. The van der Waals surface area contributed by atoms with Crippen molar-refractivity contribution in [1.82, 2.24) is 10.6 Å². The zero-order valence-electron chi connectivity index (χ0n) is 29.5. The molecule has 0 unspecified atom stereocenters. The molecule has 1 aliphatic rings. The molecule has 0 radical (unpaired) electrons. The van der Waals surface area contributed by atoms with Crippen LogP contribution in [0.4, 0.5) is 4.79 Å². The fraction of sp³-hybridized carbons (Fsp3) is 0.350. The maximum absolute atomic E-state index is 12.2. The molecule has 276 valence electrons. The number of rotatable bonds is 16. The van der Waals surface area contributed by atoms with Crippen molar-refractivity contribution in [1.29, 1.82) is 0 Å². The number of carbonyl (C=O) groups is 2. The van der Waals surface area contributed by atoms with Crippen LogP contribution in [0.2, 0.25) is 0 Å². The molecule has 0 aliphatic carbocycles. The molecule has 12 nitrogen and oxygen atoms in total. The topological polar surface area (TPSA) is 154 Å². The molecule has 4 aromatic rings. The van der Waals surface area contributed by atoms with Crippen molar-refractivity contribution < 1.29 is 48.2 Å². The Hall–Kier alpha value is -4.98. The minimum absolute atomic E-state index is 0.0990. The van der Waals surface area contributed by atoms with Crippen LogP contribution in [-0.2, 0) is 35.9 Å². The van der Waals surface area contributed by atoms with Crippen LogP contribution in [0.25, 0.3) is 0 Å². The first-order valence-corrected chi connectivity index (χ1v) is 17.1. The minimum atomic E-state index is -1.45. The molecule has 1 saturated heterocycles.